The fourth-order valence-electron chi connectivity index (χ4n) is 3.04. The number of nitrogens with one attached hydrogen (secondary N) is 1. The van der Waals surface area contributed by atoms with Gasteiger partial charge in [-0.15, -0.1) is 0 Å². The molecule has 0 spiro atoms. The van der Waals surface area contributed by atoms with Crippen molar-refractivity contribution in [2.75, 3.05) is 31.1 Å². The van der Waals surface area contributed by atoms with Crippen LogP contribution in [0.15, 0.2) is 24.3 Å². The van der Waals surface area contributed by atoms with Crippen molar-refractivity contribution in [3.63, 3.8) is 0 Å². The van der Waals surface area contributed by atoms with Crippen LogP contribution in [0.25, 0.3) is 0 Å². The summed E-state index contributed by atoms with van der Waals surface area (Å²) in [6.07, 6.45) is 3.29. The van der Waals surface area contributed by atoms with Crippen LogP contribution in [0, 0.1) is 5.92 Å². The van der Waals surface area contributed by atoms with Gasteiger partial charge in [0.25, 0.3) is 0 Å². The van der Waals surface area contributed by atoms with Gasteiger partial charge >= 0.3 is 0 Å². The number of para-hydroxylation sites is 1. The monoisotopic (exact) mass is 276 g/mol. The first-order valence-electron chi connectivity index (χ1n) is 7.91. The Balaban J connectivity index is 1.95. The summed E-state index contributed by atoms with van der Waals surface area (Å²) in [5.74, 6) is 0.709. The quantitative estimate of drug-likeness (QED) is 0.803. The van der Waals surface area contributed by atoms with E-state index in [1.165, 1.54) is 17.7 Å². The summed E-state index contributed by atoms with van der Waals surface area (Å²) in [7, 11) is 0. The topological polar surface area (TPSA) is 35.5 Å². The van der Waals surface area contributed by atoms with Crippen molar-refractivity contribution in [1.29, 1.82) is 0 Å². The van der Waals surface area contributed by atoms with Gasteiger partial charge in [-0.25, -0.2) is 0 Å². The van der Waals surface area contributed by atoms with E-state index >= 15 is 0 Å². The number of aliphatic hydroxyl groups excluding tert-OH is 1. The summed E-state index contributed by atoms with van der Waals surface area (Å²) >= 11 is 0. The maximum atomic E-state index is 9.45. The Hall–Kier alpha value is -1.06. The zero-order valence-corrected chi connectivity index (χ0v) is 12.8. The van der Waals surface area contributed by atoms with Gasteiger partial charge in [0.2, 0.25) is 0 Å². The molecule has 3 heteroatoms. The van der Waals surface area contributed by atoms with Gasteiger partial charge in [0.1, 0.15) is 0 Å². The molecule has 2 unspecified atom stereocenters. The van der Waals surface area contributed by atoms with E-state index < -0.39 is 0 Å². The number of anilines is 1. The zero-order chi connectivity index (χ0) is 14.4. The molecule has 1 heterocycles. The van der Waals surface area contributed by atoms with E-state index in [9.17, 15) is 5.11 Å². The number of fused-ring (bicyclic) bond motifs is 1. The van der Waals surface area contributed by atoms with E-state index in [0.717, 1.165) is 32.5 Å². The highest BCUT2D eigenvalue weighted by Gasteiger charge is 2.21. The fraction of sp³-hybridized carbons (Fsp3) is 0.647. The molecule has 0 bridgehead atoms. The molecule has 2 N–H and O–H groups in total. The predicted octanol–water partition coefficient (Wildman–Crippen LogP) is 2.44. The molecule has 0 radical (unpaired) electrons. The normalized spacial score (nSPS) is 19.8. The summed E-state index contributed by atoms with van der Waals surface area (Å²) in [6.45, 7) is 7.83. The lowest BCUT2D eigenvalue weighted by molar-refractivity contribution is 0.236. The van der Waals surface area contributed by atoms with Gasteiger partial charge in [0.05, 0.1) is 6.61 Å². The van der Waals surface area contributed by atoms with Crippen LogP contribution >= 0.6 is 0 Å². The summed E-state index contributed by atoms with van der Waals surface area (Å²) in [5.41, 5.74) is 2.85. The molecule has 112 valence electrons. The Morgan fingerprint density at radius 1 is 1.40 bits per heavy atom. The van der Waals surface area contributed by atoms with E-state index in [4.69, 9.17) is 0 Å². The zero-order valence-electron chi connectivity index (χ0n) is 12.8. The molecule has 2 rings (SSSR count). The third-order valence-electron chi connectivity index (χ3n) is 4.08. The molecule has 0 amide bonds. The van der Waals surface area contributed by atoms with Crippen LogP contribution in [0.1, 0.15) is 32.3 Å². The maximum Gasteiger partial charge on any atom is 0.0585 e. The van der Waals surface area contributed by atoms with Crippen LogP contribution in [0.4, 0.5) is 5.69 Å². The molecule has 0 fully saturated rings. The predicted molar refractivity (Wildman–Crippen MR) is 85.3 cm³/mol. The van der Waals surface area contributed by atoms with Crippen LogP contribution in [0.3, 0.4) is 0 Å². The summed E-state index contributed by atoms with van der Waals surface area (Å²) in [5, 5.41) is 12.9. The van der Waals surface area contributed by atoms with E-state index in [1.54, 1.807) is 0 Å². The third-order valence-corrected chi connectivity index (χ3v) is 4.08. The van der Waals surface area contributed by atoms with Gasteiger partial charge in [0, 0.05) is 24.8 Å². The molecule has 0 saturated carbocycles. The van der Waals surface area contributed by atoms with Crippen molar-refractivity contribution in [1.82, 2.24) is 5.32 Å². The van der Waals surface area contributed by atoms with Crippen LogP contribution in [0.2, 0.25) is 0 Å². The Morgan fingerprint density at radius 2 is 2.20 bits per heavy atom. The highest BCUT2D eigenvalue weighted by Crippen LogP contribution is 2.29. The van der Waals surface area contributed by atoms with E-state index in [0.29, 0.717) is 5.92 Å². The second-order valence-corrected chi connectivity index (χ2v) is 6.01. The number of nitrogens with zero attached hydrogens (tertiary/aromatic N) is 1. The van der Waals surface area contributed by atoms with Crippen LogP contribution in [0.5, 0.6) is 0 Å². The van der Waals surface area contributed by atoms with E-state index in [2.05, 4.69) is 48.3 Å². The molecular weight excluding hydrogens is 248 g/mol. The summed E-state index contributed by atoms with van der Waals surface area (Å²) < 4.78 is 0. The summed E-state index contributed by atoms with van der Waals surface area (Å²) in [4.78, 5) is 2.49. The molecular formula is C17H28N2O. The van der Waals surface area contributed by atoms with Gasteiger partial charge in [-0.2, -0.15) is 0 Å². The minimum Gasteiger partial charge on any atom is -0.395 e. The second-order valence-electron chi connectivity index (χ2n) is 6.01. The molecule has 1 aromatic carbocycles. The smallest absolute Gasteiger partial charge is 0.0585 e. The lowest BCUT2D eigenvalue weighted by atomic mass is 9.93. The van der Waals surface area contributed by atoms with Crippen molar-refractivity contribution in [2.24, 2.45) is 5.92 Å². The Morgan fingerprint density at radius 3 is 2.95 bits per heavy atom. The van der Waals surface area contributed by atoms with Crippen molar-refractivity contribution >= 4 is 5.69 Å². The minimum absolute atomic E-state index is 0.222. The van der Waals surface area contributed by atoms with Gasteiger partial charge in [-0.05, 0) is 43.4 Å². The third kappa shape index (κ3) is 3.97. The average molecular weight is 276 g/mol. The largest absolute Gasteiger partial charge is 0.395 e. The number of hydrogen-bond donors (Lipinski definition) is 2. The SMILES string of the molecule is CCCNC(CO)CCN1CC(C)Cc2ccccc21. The minimum atomic E-state index is 0.222. The van der Waals surface area contributed by atoms with Crippen molar-refractivity contribution in [3.8, 4) is 0 Å². The maximum absolute atomic E-state index is 9.45. The molecule has 0 saturated heterocycles. The average Bonchev–Trinajstić information content (AvgIpc) is 2.47. The number of rotatable bonds is 7. The number of aliphatic hydroxyl groups is 1. The second kappa shape index (κ2) is 7.65. The molecule has 2 atom stereocenters. The van der Waals surface area contributed by atoms with Crippen LogP contribution in [-0.2, 0) is 6.42 Å². The van der Waals surface area contributed by atoms with Gasteiger partial charge in [0.15, 0.2) is 0 Å². The van der Waals surface area contributed by atoms with E-state index in [1.807, 2.05) is 0 Å². The molecule has 1 aliphatic rings. The van der Waals surface area contributed by atoms with Gasteiger partial charge in [-0.1, -0.05) is 32.0 Å². The lowest BCUT2D eigenvalue weighted by Crippen LogP contribution is -2.40. The molecule has 0 aromatic heterocycles. The van der Waals surface area contributed by atoms with Gasteiger partial charge < -0.3 is 15.3 Å². The molecule has 3 nitrogen and oxygen atoms in total. The molecule has 1 aliphatic heterocycles. The summed E-state index contributed by atoms with van der Waals surface area (Å²) in [6, 6.07) is 8.96. The van der Waals surface area contributed by atoms with Crippen LogP contribution in [-0.4, -0.2) is 37.4 Å². The lowest BCUT2D eigenvalue weighted by Gasteiger charge is -2.35. The first-order chi connectivity index (χ1) is 9.74. The van der Waals surface area contributed by atoms with Crippen molar-refractivity contribution < 1.29 is 5.11 Å². The van der Waals surface area contributed by atoms with Gasteiger partial charge in [-0.3, -0.25) is 0 Å². The first kappa shape index (κ1) is 15.3. The highest BCUT2D eigenvalue weighted by molar-refractivity contribution is 5.55. The van der Waals surface area contributed by atoms with Crippen molar-refractivity contribution in [3.05, 3.63) is 29.8 Å². The van der Waals surface area contributed by atoms with Crippen LogP contribution < -0.4 is 10.2 Å². The number of hydrogen-bond acceptors (Lipinski definition) is 3. The number of benzene rings is 1. The highest BCUT2D eigenvalue weighted by atomic mass is 16.3. The Kier molecular flexibility index (Phi) is 5.86. The molecule has 0 aliphatic carbocycles. The molecule has 20 heavy (non-hydrogen) atoms. The van der Waals surface area contributed by atoms with E-state index in [-0.39, 0.29) is 12.6 Å². The Bertz CT molecular complexity index is 408. The Labute approximate surface area is 123 Å². The standard InChI is InChI=1S/C17H28N2O/c1-3-9-18-16(13-20)8-10-19-12-14(2)11-15-6-4-5-7-17(15)19/h4-7,14,16,18,20H,3,8-13H2,1-2H3. The first-order valence-corrected chi connectivity index (χ1v) is 7.91. The van der Waals surface area contributed by atoms with Crippen molar-refractivity contribution in [2.45, 2.75) is 39.2 Å². The fourth-order valence-corrected chi connectivity index (χ4v) is 3.04. The molecule has 1 aromatic rings.